The molecule has 0 aromatic rings. The van der Waals surface area contributed by atoms with Crippen molar-refractivity contribution in [1.82, 2.24) is 4.90 Å². The third-order valence-electron chi connectivity index (χ3n) is 2.54. The van der Waals surface area contributed by atoms with Gasteiger partial charge in [-0.1, -0.05) is 6.92 Å². The van der Waals surface area contributed by atoms with Gasteiger partial charge in [-0.15, -0.1) is 0 Å². The predicted molar refractivity (Wildman–Crippen MR) is 45.5 cm³/mol. The highest BCUT2D eigenvalue weighted by Crippen LogP contribution is 2.16. The van der Waals surface area contributed by atoms with E-state index in [0.29, 0.717) is 6.54 Å². The van der Waals surface area contributed by atoms with Crippen molar-refractivity contribution >= 4 is 0 Å². The summed E-state index contributed by atoms with van der Waals surface area (Å²) in [7, 11) is 0. The third kappa shape index (κ3) is 3.48. The second-order valence-corrected chi connectivity index (χ2v) is 3.70. The molecule has 0 aromatic heterocycles. The number of nitrogens with zero attached hydrogens (tertiary/aromatic N) is 1. The van der Waals surface area contributed by atoms with Gasteiger partial charge in [0.1, 0.15) is 0 Å². The second-order valence-electron chi connectivity index (χ2n) is 3.70. The minimum Gasteiger partial charge on any atom is -0.303 e. The zero-order valence-corrected chi connectivity index (χ0v) is 7.60. The summed E-state index contributed by atoms with van der Waals surface area (Å²) >= 11 is 0. The number of piperidine rings is 1. The van der Waals surface area contributed by atoms with E-state index < -0.39 is 6.43 Å². The zero-order chi connectivity index (χ0) is 8.97. The van der Waals surface area contributed by atoms with Crippen LogP contribution in [-0.4, -0.2) is 31.0 Å². The predicted octanol–water partition coefficient (Wildman–Crippen LogP) is 2.37. The largest absolute Gasteiger partial charge is 0.303 e. The Bertz CT molecular complexity index is 120. The molecule has 1 aliphatic rings. The molecule has 3 heteroatoms. The molecule has 0 saturated carbocycles. The first-order valence-corrected chi connectivity index (χ1v) is 4.69. The molecule has 0 aromatic carbocycles. The molecule has 0 aliphatic carbocycles. The Morgan fingerprint density at radius 3 is 2.42 bits per heavy atom. The van der Waals surface area contributed by atoms with E-state index in [9.17, 15) is 8.78 Å². The summed E-state index contributed by atoms with van der Waals surface area (Å²) in [6, 6.07) is 0. The Balaban J connectivity index is 2.09. The summed E-state index contributed by atoms with van der Waals surface area (Å²) in [4.78, 5) is 2.14. The molecular weight excluding hydrogens is 160 g/mol. The fourth-order valence-electron chi connectivity index (χ4n) is 1.57. The van der Waals surface area contributed by atoms with E-state index in [0.717, 1.165) is 19.0 Å². The summed E-state index contributed by atoms with van der Waals surface area (Å²) in [5, 5.41) is 0. The molecule has 0 bridgehead atoms. The molecule has 12 heavy (non-hydrogen) atoms. The summed E-state index contributed by atoms with van der Waals surface area (Å²) in [6.45, 7) is 4.82. The summed E-state index contributed by atoms with van der Waals surface area (Å²) in [6.07, 6.45) is 0.241. The number of alkyl halides is 2. The smallest absolute Gasteiger partial charge is 0.239 e. The van der Waals surface area contributed by atoms with Crippen LogP contribution >= 0.6 is 0 Å². The standard InChI is InChI=1S/C9H17F2N/c1-8-2-5-12(6-3-8)7-4-9(10)11/h8-9H,2-7H2,1H3. The van der Waals surface area contributed by atoms with Crippen LogP contribution in [-0.2, 0) is 0 Å². The molecule has 0 atom stereocenters. The Labute approximate surface area is 72.7 Å². The van der Waals surface area contributed by atoms with Crippen molar-refractivity contribution in [2.75, 3.05) is 19.6 Å². The minimum atomic E-state index is -2.13. The lowest BCUT2D eigenvalue weighted by molar-refractivity contribution is 0.104. The first-order chi connectivity index (χ1) is 5.68. The topological polar surface area (TPSA) is 3.24 Å². The number of rotatable bonds is 3. The van der Waals surface area contributed by atoms with Gasteiger partial charge in [-0.25, -0.2) is 8.78 Å². The zero-order valence-electron chi connectivity index (χ0n) is 7.60. The second kappa shape index (κ2) is 4.75. The van der Waals surface area contributed by atoms with E-state index in [2.05, 4.69) is 11.8 Å². The van der Waals surface area contributed by atoms with E-state index in [-0.39, 0.29) is 6.42 Å². The van der Waals surface area contributed by atoms with Crippen molar-refractivity contribution in [3.05, 3.63) is 0 Å². The maximum absolute atomic E-state index is 11.8. The van der Waals surface area contributed by atoms with Crippen LogP contribution < -0.4 is 0 Å². The van der Waals surface area contributed by atoms with E-state index in [1.807, 2.05) is 0 Å². The van der Waals surface area contributed by atoms with Gasteiger partial charge < -0.3 is 4.90 Å². The highest BCUT2D eigenvalue weighted by Gasteiger charge is 2.16. The van der Waals surface area contributed by atoms with Gasteiger partial charge >= 0.3 is 0 Å². The number of halogens is 2. The van der Waals surface area contributed by atoms with Crippen LogP contribution in [0.15, 0.2) is 0 Å². The van der Waals surface area contributed by atoms with Crippen LogP contribution in [0.4, 0.5) is 8.78 Å². The van der Waals surface area contributed by atoms with E-state index in [1.54, 1.807) is 0 Å². The molecule has 0 radical (unpaired) electrons. The molecule has 1 fully saturated rings. The molecule has 0 amide bonds. The Hall–Kier alpha value is -0.180. The first kappa shape index (κ1) is 9.90. The van der Waals surface area contributed by atoms with Gasteiger partial charge in [0.25, 0.3) is 0 Å². The maximum atomic E-state index is 11.8. The van der Waals surface area contributed by atoms with Crippen molar-refractivity contribution in [3.8, 4) is 0 Å². The average molecular weight is 177 g/mol. The van der Waals surface area contributed by atoms with Gasteiger partial charge in [0.2, 0.25) is 6.43 Å². The Morgan fingerprint density at radius 2 is 1.92 bits per heavy atom. The first-order valence-electron chi connectivity index (χ1n) is 4.69. The van der Waals surface area contributed by atoms with E-state index >= 15 is 0 Å². The lowest BCUT2D eigenvalue weighted by atomic mass is 9.99. The van der Waals surface area contributed by atoms with Gasteiger partial charge in [0.15, 0.2) is 0 Å². The van der Waals surface area contributed by atoms with Gasteiger partial charge in [0, 0.05) is 13.0 Å². The highest BCUT2D eigenvalue weighted by molar-refractivity contribution is 4.69. The Kier molecular flexibility index (Phi) is 3.92. The van der Waals surface area contributed by atoms with E-state index in [1.165, 1.54) is 12.8 Å². The minimum absolute atomic E-state index is 0.0361. The molecule has 1 saturated heterocycles. The Morgan fingerprint density at radius 1 is 1.33 bits per heavy atom. The van der Waals surface area contributed by atoms with Crippen LogP contribution in [0.3, 0.4) is 0 Å². The molecule has 1 rings (SSSR count). The lowest BCUT2D eigenvalue weighted by Gasteiger charge is -2.29. The van der Waals surface area contributed by atoms with Crippen molar-refractivity contribution in [3.63, 3.8) is 0 Å². The lowest BCUT2D eigenvalue weighted by Crippen LogP contribution is -2.34. The van der Waals surface area contributed by atoms with Crippen LogP contribution in [0.2, 0.25) is 0 Å². The molecule has 0 spiro atoms. The highest BCUT2D eigenvalue weighted by atomic mass is 19.3. The SMILES string of the molecule is CC1CCN(CCC(F)F)CC1. The number of likely N-dealkylation sites (tertiary alicyclic amines) is 1. The number of hydrogen-bond donors (Lipinski definition) is 0. The van der Waals surface area contributed by atoms with Gasteiger partial charge in [-0.2, -0.15) is 0 Å². The van der Waals surface area contributed by atoms with Crippen molar-refractivity contribution in [2.24, 2.45) is 5.92 Å². The van der Waals surface area contributed by atoms with Crippen LogP contribution in [0.5, 0.6) is 0 Å². The molecular formula is C9H17F2N. The van der Waals surface area contributed by atoms with Gasteiger partial charge in [-0.3, -0.25) is 0 Å². The summed E-state index contributed by atoms with van der Waals surface area (Å²) in [5.74, 6) is 0.785. The molecule has 1 aliphatic heterocycles. The third-order valence-corrected chi connectivity index (χ3v) is 2.54. The maximum Gasteiger partial charge on any atom is 0.239 e. The molecule has 1 nitrogen and oxygen atoms in total. The van der Waals surface area contributed by atoms with E-state index in [4.69, 9.17) is 0 Å². The average Bonchev–Trinajstić information content (AvgIpc) is 2.03. The van der Waals surface area contributed by atoms with Crippen LogP contribution in [0, 0.1) is 5.92 Å². The van der Waals surface area contributed by atoms with Crippen LogP contribution in [0.1, 0.15) is 26.2 Å². The van der Waals surface area contributed by atoms with Crippen molar-refractivity contribution in [2.45, 2.75) is 32.6 Å². The normalized spacial score (nSPS) is 22.0. The van der Waals surface area contributed by atoms with Crippen molar-refractivity contribution < 1.29 is 8.78 Å². The van der Waals surface area contributed by atoms with Gasteiger partial charge in [0.05, 0.1) is 0 Å². The summed E-state index contributed by atoms with van der Waals surface area (Å²) < 4.78 is 23.7. The molecule has 0 unspecified atom stereocenters. The fraction of sp³-hybridized carbons (Fsp3) is 1.00. The molecule has 1 heterocycles. The molecule has 0 N–H and O–H groups in total. The summed E-state index contributed by atoms with van der Waals surface area (Å²) in [5.41, 5.74) is 0. The van der Waals surface area contributed by atoms with Crippen molar-refractivity contribution in [1.29, 1.82) is 0 Å². The van der Waals surface area contributed by atoms with Gasteiger partial charge in [-0.05, 0) is 31.8 Å². The number of hydrogen-bond acceptors (Lipinski definition) is 1. The van der Waals surface area contributed by atoms with Crippen LogP contribution in [0.25, 0.3) is 0 Å². The molecule has 72 valence electrons. The quantitative estimate of drug-likeness (QED) is 0.639. The fourth-order valence-corrected chi connectivity index (χ4v) is 1.57. The monoisotopic (exact) mass is 177 g/mol.